The molecule has 0 aliphatic heterocycles. The lowest BCUT2D eigenvalue weighted by Crippen LogP contribution is -2.02. The van der Waals surface area contributed by atoms with Crippen LogP contribution in [0, 0.1) is 6.92 Å². The Labute approximate surface area is 144 Å². The highest BCUT2D eigenvalue weighted by molar-refractivity contribution is 7.18. The number of thiazole rings is 1. The van der Waals surface area contributed by atoms with Crippen molar-refractivity contribution < 1.29 is 9.53 Å². The summed E-state index contributed by atoms with van der Waals surface area (Å²) >= 11 is 1.24. The van der Waals surface area contributed by atoms with Crippen molar-refractivity contribution in [3.63, 3.8) is 0 Å². The van der Waals surface area contributed by atoms with Crippen molar-refractivity contribution in [3.8, 4) is 5.75 Å². The van der Waals surface area contributed by atoms with Crippen LogP contribution in [-0.2, 0) is 0 Å². The van der Waals surface area contributed by atoms with E-state index in [0.717, 1.165) is 17.0 Å². The van der Waals surface area contributed by atoms with Crippen molar-refractivity contribution in [1.82, 2.24) is 4.98 Å². The SMILES string of the molecule is COc1cccc(Nc2nc(N)c(C(=O)c3ccc(C)cc3)s2)c1. The first-order valence-electron chi connectivity index (χ1n) is 7.35. The van der Waals surface area contributed by atoms with E-state index in [9.17, 15) is 4.79 Å². The third kappa shape index (κ3) is 3.38. The number of nitrogen functional groups attached to an aromatic ring is 1. The monoisotopic (exact) mass is 339 g/mol. The van der Waals surface area contributed by atoms with Crippen molar-refractivity contribution >= 4 is 33.8 Å². The molecule has 3 aromatic rings. The molecule has 5 nitrogen and oxygen atoms in total. The van der Waals surface area contributed by atoms with Gasteiger partial charge < -0.3 is 15.8 Å². The highest BCUT2D eigenvalue weighted by atomic mass is 32.1. The fourth-order valence-electron chi connectivity index (χ4n) is 2.21. The van der Waals surface area contributed by atoms with Gasteiger partial charge in [0.1, 0.15) is 16.4 Å². The molecule has 0 atom stereocenters. The number of nitrogens with two attached hydrogens (primary N) is 1. The van der Waals surface area contributed by atoms with Gasteiger partial charge in [0.2, 0.25) is 5.78 Å². The number of aromatic nitrogens is 1. The van der Waals surface area contributed by atoms with E-state index in [-0.39, 0.29) is 11.6 Å². The zero-order valence-electron chi connectivity index (χ0n) is 13.4. The molecule has 0 bridgehead atoms. The van der Waals surface area contributed by atoms with Gasteiger partial charge >= 0.3 is 0 Å². The number of benzene rings is 2. The minimum Gasteiger partial charge on any atom is -0.497 e. The van der Waals surface area contributed by atoms with Gasteiger partial charge in [-0.2, -0.15) is 0 Å². The molecule has 6 heteroatoms. The molecule has 1 aromatic heterocycles. The van der Waals surface area contributed by atoms with Crippen molar-refractivity contribution in [2.24, 2.45) is 0 Å². The van der Waals surface area contributed by atoms with Crippen LogP contribution in [0.15, 0.2) is 48.5 Å². The van der Waals surface area contributed by atoms with Crippen LogP contribution in [0.25, 0.3) is 0 Å². The summed E-state index contributed by atoms with van der Waals surface area (Å²) in [5, 5.41) is 3.72. The minimum absolute atomic E-state index is 0.122. The van der Waals surface area contributed by atoms with Gasteiger partial charge in [-0.05, 0) is 19.1 Å². The van der Waals surface area contributed by atoms with Gasteiger partial charge in [-0.15, -0.1) is 0 Å². The topological polar surface area (TPSA) is 77.2 Å². The summed E-state index contributed by atoms with van der Waals surface area (Å²) < 4.78 is 5.19. The Morgan fingerprint density at radius 1 is 1.21 bits per heavy atom. The van der Waals surface area contributed by atoms with Gasteiger partial charge in [0.05, 0.1) is 7.11 Å². The molecule has 0 saturated carbocycles. The van der Waals surface area contributed by atoms with Crippen LogP contribution in [-0.4, -0.2) is 17.9 Å². The van der Waals surface area contributed by atoms with E-state index < -0.39 is 0 Å². The van der Waals surface area contributed by atoms with Gasteiger partial charge in [0, 0.05) is 17.3 Å². The van der Waals surface area contributed by atoms with Gasteiger partial charge in [-0.3, -0.25) is 4.79 Å². The summed E-state index contributed by atoms with van der Waals surface area (Å²) in [6.45, 7) is 1.98. The maximum Gasteiger partial charge on any atom is 0.206 e. The number of ether oxygens (including phenoxy) is 1. The number of aryl methyl sites for hydroxylation is 1. The minimum atomic E-state index is -0.122. The zero-order valence-corrected chi connectivity index (χ0v) is 14.2. The Balaban J connectivity index is 1.84. The molecule has 3 N–H and O–H groups in total. The Morgan fingerprint density at radius 2 is 1.96 bits per heavy atom. The molecule has 0 aliphatic rings. The summed E-state index contributed by atoms with van der Waals surface area (Å²) in [6.07, 6.45) is 0. The molecule has 0 unspecified atom stereocenters. The second-order valence-corrected chi connectivity index (χ2v) is 6.28. The number of rotatable bonds is 5. The third-order valence-corrected chi connectivity index (χ3v) is 4.48. The second kappa shape index (κ2) is 6.72. The molecule has 0 fully saturated rings. The smallest absolute Gasteiger partial charge is 0.206 e. The summed E-state index contributed by atoms with van der Waals surface area (Å²) in [5.41, 5.74) is 8.45. The van der Waals surface area contributed by atoms with E-state index in [1.54, 1.807) is 19.2 Å². The lowest BCUT2D eigenvalue weighted by molar-refractivity contribution is 0.104. The van der Waals surface area contributed by atoms with Crippen LogP contribution >= 0.6 is 11.3 Å². The number of methoxy groups -OCH3 is 1. The van der Waals surface area contributed by atoms with Gasteiger partial charge in [-0.1, -0.05) is 47.2 Å². The number of ketones is 1. The molecule has 122 valence electrons. The fraction of sp³-hybridized carbons (Fsp3) is 0.111. The third-order valence-electron chi connectivity index (χ3n) is 3.49. The highest BCUT2D eigenvalue weighted by Gasteiger charge is 2.18. The molecule has 0 saturated heterocycles. The van der Waals surface area contributed by atoms with Crippen molar-refractivity contribution in [2.75, 3.05) is 18.2 Å². The standard InChI is InChI=1S/C18H17N3O2S/c1-11-6-8-12(9-7-11)15(22)16-17(19)21-18(24-16)20-13-4-3-5-14(10-13)23-2/h3-10H,19H2,1-2H3,(H,20,21). The normalized spacial score (nSPS) is 10.4. The average molecular weight is 339 g/mol. The van der Waals surface area contributed by atoms with E-state index in [1.807, 2.05) is 43.3 Å². The lowest BCUT2D eigenvalue weighted by atomic mass is 10.1. The number of hydrogen-bond donors (Lipinski definition) is 2. The summed E-state index contributed by atoms with van der Waals surface area (Å²) in [5.74, 6) is 0.847. The number of anilines is 3. The maximum atomic E-state index is 12.6. The van der Waals surface area contributed by atoms with Crippen LogP contribution in [0.4, 0.5) is 16.6 Å². The summed E-state index contributed by atoms with van der Waals surface area (Å²) in [4.78, 5) is 17.3. The molecule has 24 heavy (non-hydrogen) atoms. The Bertz CT molecular complexity index is 872. The van der Waals surface area contributed by atoms with E-state index in [1.165, 1.54) is 11.3 Å². The number of hydrogen-bond acceptors (Lipinski definition) is 6. The molecule has 0 amide bonds. The van der Waals surface area contributed by atoms with E-state index in [2.05, 4.69) is 10.3 Å². The summed E-state index contributed by atoms with van der Waals surface area (Å²) in [7, 11) is 1.61. The quantitative estimate of drug-likeness (QED) is 0.687. The molecule has 0 aliphatic carbocycles. The van der Waals surface area contributed by atoms with Crippen LogP contribution in [0.2, 0.25) is 0 Å². The van der Waals surface area contributed by atoms with Gasteiger partial charge in [-0.25, -0.2) is 4.98 Å². The highest BCUT2D eigenvalue weighted by Crippen LogP contribution is 2.30. The van der Waals surface area contributed by atoms with E-state index >= 15 is 0 Å². The molecular weight excluding hydrogens is 322 g/mol. The number of nitrogens with zero attached hydrogens (tertiary/aromatic N) is 1. The lowest BCUT2D eigenvalue weighted by Gasteiger charge is -2.04. The Morgan fingerprint density at radius 3 is 2.67 bits per heavy atom. The molecule has 2 aromatic carbocycles. The molecule has 1 heterocycles. The number of carbonyl (C=O) groups excluding carboxylic acids is 1. The average Bonchev–Trinajstić information content (AvgIpc) is 2.95. The first-order valence-corrected chi connectivity index (χ1v) is 8.17. The fourth-order valence-corrected chi connectivity index (χ4v) is 3.08. The number of carbonyl (C=O) groups is 1. The van der Waals surface area contributed by atoms with Crippen LogP contribution in [0.1, 0.15) is 20.8 Å². The zero-order chi connectivity index (χ0) is 17.1. The first-order chi connectivity index (χ1) is 11.6. The van der Waals surface area contributed by atoms with Crippen molar-refractivity contribution in [2.45, 2.75) is 6.92 Å². The van der Waals surface area contributed by atoms with E-state index in [4.69, 9.17) is 10.5 Å². The van der Waals surface area contributed by atoms with Gasteiger partial charge in [0.25, 0.3) is 0 Å². The van der Waals surface area contributed by atoms with Crippen LogP contribution in [0.5, 0.6) is 5.75 Å². The predicted octanol–water partition coefficient (Wildman–Crippen LogP) is 4.02. The maximum absolute atomic E-state index is 12.6. The van der Waals surface area contributed by atoms with Crippen LogP contribution in [0.3, 0.4) is 0 Å². The number of nitrogens with one attached hydrogen (secondary N) is 1. The summed E-state index contributed by atoms with van der Waals surface area (Å²) in [6, 6.07) is 14.9. The molecule has 3 rings (SSSR count). The second-order valence-electron chi connectivity index (χ2n) is 5.29. The van der Waals surface area contributed by atoms with E-state index in [0.29, 0.717) is 15.6 Å². The molecular formula is C18H17N3O2S. The Kier molecular flexibility index (Phi) is 4.48. The predicted molar refractivity (Wildman–Crippen MR) is 97.4 cm³/mol. The first kappa shape index (κ1) is 16.0. The van der Waals surface area contributed by atoms with Crippen molar-refractivity contribution in [3.05, 3.63) is 64.5 Å². The molecule has 0 radical (unpaired) electrons. The Hall–Kier alpha value is -2.86. The molecule has 0 spiro atoms. The largest absolute Gasteiger partial charge is 0.497 e. The van der Waals surface area contributed by atoms with Gasteiger partial charge in [0.15, 0.2) is 5.13 Å². The van der Waals surface area contributed by atoms with Crippen LogP contribution < -0.4 is 15.8 Å². The van der Waals surface area contributed by atoms with Crippen molar-refractivity contribution in [1.29, 1.82) is 0 Å².